The number of nitrogens with zero attached hydrogens (tertiary/aromatic N) is 3. The number of methoxy groups -OCH3 is 1. The number of para-hydroxylation sites is 1. The van der Waals surface area contributed by atoms with Crippen LogP contribution < -0.4 is 10.2 Å². The topological polar surface area (TPSA) is 64.4 Å². The molecule has 0 unspecified atom stereocenters. The lowest BCUT2D eigenvalue weighted by Gasteiger charge is -2.21. The summed E-state index contributed by atoms with van der Waals surface area (Å²) in [6.45, 7) is 4.53. The Hall–Kier alpha value is -3.41. The summed E-state index contributed by atoms with van der Waals surface area (Å²) in [4.78, 5) is 27.1. The molecule has 1 amide bonds. The Morgan fingerprint density at radius 3 is 2.39 bits per heavy atom. The summed E-state index contributed by atoms with van der Waals surface area (Å²) in [5, 5.41) is 4.37. The van der Waals surface area contributed by atoms with Gasteiger partial charge in [0.1, 0.15) is 5.75 Å². The van der Waals surface area contributed by atoms with Gasteiger partial charge in [-0.3, -0.25) is 9.59 Å². The average molecular weight is 377 g/mol. The number of ether oxygens (including phenoxy) is 1. The first-order valence-electron chi connectivity index (χ1n) is 9.12. The van der Waals surface area contributed by atoms with E-state index >= 15 is 0 Å². The van der Waals surface area contributed by atoms with Crippen LogP contribution in [0.3, 0.4) is 0 Å². The molecule has 0 bridgehead atoms. The zero-order valence-electron chi connectivity index (χ0n) is 16.3. The maximum atomic E-state index is 13.0. The summed E-state index contributed by atoms with van der Waals surface area (Å²) in [5.74, 6) is 0.372. The van der Waals surface area contributed by atoms with E-state index in [0.717, 1.165) is 17.0 Å². The van der Waals surface area contributed by atoms with Crippen molar-refractivity contribution >= 4 is 5.91 Å². The molecular weight excluding hydrogens is 354 g/mol. The Morgan fingerprint density at radius 2 is 1.79 bits per heavy atom. The Morgan fingerprint density at radius 1 is 1.11 bits per heavy atom. The molecule has 2 aromatic carbocycles. The summed E-state index contributed by atoms with van der Waals surface area (Å²) in [6.07, 6.45) is 0. The van der Waals surface area contributed by atoms with E-state index in [1.165, 1.54) is 6.07 Å². The Kier molecular flexibility index (Phi) is 5.89. The number of benzene rings is 2. The molecule has 0 aliphatic rings. The summed E-state index contributed by atoms with van der Waals surface area (Å²) >= 11 is 0. The van der Waals surface area contributed by atoms with Gasteiger partial charge in [0.15, 0.2) is 5.69 Å². The minimum Gasteiger partial charge on any atom is -0.497 e. The number of hydrogen-bond donors (Lipinski definition) is 0. The van der Waals surface area contributed by atoms with Gasteiger partial charge < -0.3 is 9.64 Å². The van der Waals surface area contributed by atoms with E-state index in [9.17, 15) is 9.59 Å². The summed E-state index contributed by atoms with van der Waals surface area (Å²) in [5.41, 5.74) is 1.97. The first kappa shape index (κ1) is 19.4. The van der Waals surface area contributed by atoms with Crippen molar-refractivity contribution in [2.75, 3.05) is 13.7 Å². The number of aromatic nitrogens is 2. The van der Waals surface area contributed by atoms with Crippen LogP contribution in [0.5, 0.6) is 5.75 Å². The number of amides is 1. The molecule has 3 aromatic rings. The second-order valence-electron chi connectivity index (χ2n) is 6.41. The molecule has 0 atom stereocenters. The minimum atomic E-state index is -0.381. The van der Waals surface area contributed by atoms with Crippen molar-refractivity contribution in [3.63, 3.8) is 0 Å². The van der Waals surface area contributed by atoms with Crippen LogP contribution in [0.1, 0.15) is 28.7 Å². The smallest absolute Gasteiger partial charge is 0.278 e. The fourth-order valence-electron chi connectivity index (χ4n) is 2.95. The van der Waals surface area contributed by atoms with Gasteiger partial charge in [0.2, 0.25) is 5.43 Å². The molecule has 0 saturated carbocycles. The van der Waals surface area contributed by atoms with E-state index in [-0.39, 0.29) is 17.0 Å². The van der Waals surface area contributed by atoms with E-state index < -0.39 is 0 Å². The Bertz CT molecular complexity index is 1010. The molecule has 6 heteroatoms. The molecular formula is C22H23N3O3. The van der Waals surface area contributed by atoms with Crippen LogP contribution in [0.2, 0.25) is 0 Å². The van der Waals surface area contributed by atoms with Gasteiger partial charge in [-0.2, -0.15) is 5.10 Å². The van der Waals surface area contributed by atoms with Gasteiger partial charge in [0.05, 0.1) is 12.8 Å². The molecule has 0 radical (unpaired) electrons. The number of rotatable bonds is 6. The molecule has 0 aliphatic carbocycles. The molecule has 0 spiro atoms. The molecule has 1 heterocycles. The highest BCUT2D eigenvalue weighted by Crippen LogP contribution is 2.14. The first-order valence-corrected chi connectivity index (χ1v) is 9.12. The molecule has 0 saturated heterocycles. The fraction of sp³-hybridized carbons (Fsp3) is 0.227. The minimum absolute atomic E-state index is 0.0789. The Labute approximate surface area is 164 Å². The SMILES string of the molecule is CCN(Cc1ccc(OC)cc1)C(=O)c1nn(-c2ccccc2)c(C)cc1=O. The van der Waals surface area contributed by atoms with Gasteiger partial charge in [-0.15, -0.1) is 0 Å². The quantitative estimate of drug-likeness (QED) is 0.662. The van der Waals surface area contributed by atoms with E-state index in [1.807, 2.05) is 61.5 Å². The third kappa shape index (κ3) is 4.11. The van der Waals surface area contributed by atoms with Crippen LogP contribution in [0.15, 0.2) is 65.5 Å². The molecule has 0 aliphatic heterocycles. The lowest BCUT2D eigenvalue weighted by molar-refractivity contribution is 0.0743. The fourth-order valence-corrected chi connectivity index (χ4v) is 2.95. The predicted molar refractivity (Wildman–Crippen MR) is 108 cm³/mol. The average Bonchev–Trinajstić information content (AvgIpc) is 2.72. The number of aryl methyl sites for hydroxylation is 1. The highest BCUT2D eigenvalue weighted by Gasteiger charge is 2.21. The van der Waals surface area contributed by atoms with Gasteiger partial charge in [-0.1, -0.05) is 30.3 Å². The second kappa shape index (κ2) is 8.52. The van der Waals surface area contributed by atoms with Gasteiger partial charge in [0.25, 0.3) is 5.91 Å². The van der Waals surface area contributed by atoms with Crippen molar-refractivity contribution in [3.05, 3.63) is 87.8 Å². The third-order valence-electron chi connectivity index (χ3n) is 4.51. The van der Waals surface area contributed by atoms with E-state index in [2.05, 4.69) is 5.10 Å². The highest BCUT2D eigenvalue weighted by molar-refractivity contribution is 5.92. The second-order valence-corrected chi connectivity index (χ2v) is 6.41. The monoisotopic (exact) mass is 377 g/mol. The summed E-state index contributed by atoms with van der Waals surface area (Å²) < 4.78 is 6.79. The number of hydrogen-bond acceptors (Lipinski definition) is 4. The van der Waals surface area contributed by atoms with Crippen molar-refractivity contribution in [3.8, 4) is 11.4 Å². The zero-order chi connectivity index (χ0) is 20.1. The van der Waals surface area contributed by atoms with Crippen LogP contribution in [-0.4, -0.2) is 34.2 Å². The van der Waals surface area contributed by atoms with Crippen LogP contribution >= 0.6 is 0 Å². The van der Waals surface area contributed by atoms with Crippen molar-refractivity contribution in [1.82, 2.24) is 14.7 Å². The van der Waals surface area contributed by atoms with Gasteiger partial charge in [0, 0.05) is 24.8 Å². The molecule has 28 heavy (non-hydrogen) atoms. The molecule has 0 N–H and O–H groups in total. The standard InChI is InChI=1S/C22H23N3O3/c1-4-24(15-17-10-12-19(28-3)13-11-17)22(27)21-20(26)14-16(2)25(23-21)18-8-6-5-7-9-18/h5-14H,4,15H2,1-3H3. The van der Waals surface area contributed by atoms with Crippen molar-refractivity contribution < 1.29 is 9.53 Å². The Balaban J connectivity index is 1.92. The molecule has 3 rings (SSSR count). The summed E-state index contributed by atoms with van der Waals surface area (Å²) in [6, 6.07) is 18.4. The highest BCUT2D eigenvalue weighted by atomic mass is 16.5. The van der Waals surface area contributed by atoms with Crippen molar-refractivity contribution in [1.29, 1.82) is 0 Å². The van der Waals surface area contributed by atoms with Gasteiger partial charge >= 0.3 is 0 Å². The third-order valence-corrected chi connectivity index (χ3v) is 4.51. The molecule has 6 nitrogen and oxygen atoms in total. The normalized spacial score (nSPS) is 10.5. The first-order chi connectivity index (χ1) is 13.5. The summed E-state index contributed by atoms with van der Waals surface area (Å²) in [7, 11) is 1.61. The maximum Gasteiger partial charge on any atom is 0.278 e. The number of carbonyl (C=O) groups excluding carboxylic acids is 1. The van der Waals surface area contributed by atoms with E-state index in [1.54, 1.807) is 23.6 Å². The van der Waals surface area contributed by atoms with Gasteiger partial charge in [-0.05, 0) is 43.7 Å². The van der Waals surface area contributed by atoms with Crippen molar-refractivity contribution in [2.24, 2.45) is 0 Å². The van der Waals surface area contributed by atoms with Crippen LogP contribution in [0, 0.1) is 6.92 Å². The lowest BCUT2D eigenvalue weighted by Crippen LogP contribution is -2.35. The lowest BCUT2D eigenvalue weighted by atomic mass is 10.2. The maximum absolute atomic E-state index is 13.0. The van der Waals surface area contributed by atoms with Gasteiger partial charge in [-0.25, -0.2) is 4.68 Å². The largest absolute Gasteiger partial charge is 0.497 e. The zero-order valence-corrected chi connectivity index (χ0v) is 16.3. The van der Waals surface area contributed by atoms with Crippen LogP contribution in [0.25, 0.3) is 5.69 Å². The number of carbonyl (C=O) groups is 1. The molecule has 144 valence electrons. The van der Waals surface area contributed by atoms with Crippen LogP contribution in [0.4, 0.5) is 0 Å². The van der Waals surface area contributed by atoms with Crippen LogP contribution in [-0.2, 0) is 6.54 Å². The molecule has 0 fully saturated rings. The van der Waals surface area contributed by atoms with Crippen molar-refractivity contribution in [2.45, 2.75) is 20.4 Å². The van der Waals surface area contributed by atoms with E-state index in [0.29, 0.717) is 18.8 Å². The predicted octanol–water partition coefficient (Wildman–Crippen LogP) is 3.21. The molecule has 1 aromatic heterocycles. The van der Waals surface area contributed by atoms with E-state index in [4.69, 9.17) is 4.74 Å².